The lowest BCUT2D eigenvalue weighted by Gasteiger charge is -2.03. The molecule has 5 heteroatoms. The molecular formula is C11H13FO3S. The minimum Gasteiger partial charge on any atom is -0.508 e. The van der Waals surface area contributed by atoms with Crippen LogP contribution in [0.5, 0.6) is 5.75 Å². The zero-order chi connectivity index (χ0) is 12.0. The number of carbonyl (C=O) groups excluding carboxylic acids is 1. The van der Waals surface area contributed by atoms with E-state index in [1.54, 1.807) is 0 Å². The van der Waals surface area contributed by atoms with Crippen LogP contribution >= 0.6 is 11.8 Å². The van der Waals surface area contributed by atoms with Crippen LogP contribution in [-0.2, 0) is 11.2 Å². The highest BCUT2D eigenvalue weighted by atomic mass is 32.2. The third-order valence-electron chi connectivity index (χ3n) is 2.09. The van der Waals surface area contributed by atoms with Gasteiger partial charge in [0.15, 0.2) is 5.12 Å². The molecule has 0 atom stereocenters. The van der Waals surface area contributed by atoms with Crippen molar-refractivity contribution in [3.63, 3.8) is 0 Å². The summed E-state index contributed by atoms with van der Waals surface area (Å²) in [5.41, 5.74) is 0.502. The molecule has 0 bridgehead atoms. The van der Waals surface area contributed by atoms with E-state index in [1.165, 1.54) is 18.2 Å². The normalized spacial score (nSPS) is 10.4. The summed E-state index contributed by atoms with van der Waals surface area (Å²) < 4.78 is 12.8. The van der Waals surface area contributed by atoms with Gasteiger partial charge in [-0.1, -0.05) is 11.8 Å². The minimum absolute atomic E-state index is 0.0451. The maximum absolute atomic E-state index is 12.8. The lowest BCUT2D eigenvalue weighted by atomic mass is 10.1. The number of phenols is 1. The zero-order valence-electron chi connectivity index (χ0n) is 8.65. The third-order valence-corrected chi connectivity index (χ3v) is 2.75. The second kappa shape index (κ2) is 6.50. The van der Waals surface area contributed by atoms with Gasteiger partial charge in [-0.25, -0.2) is 4.39 Å². The quantitative estimate of drug-likeness (QED) is 0.778. The van der Waals surface area contributed by atoms with Crippen LogP contribution in [-0.4, -0.2) is 21.3 Å². The number of aryl methyl sites for hydroxylation is 1. The molecule has 0 saturated carbocycles. The fraction of sp³-hybridized carbons (Fsp3) is 0.364. The molecule has 0 unspecified atom stereocenters. The Labute approximate surface area is 97.3 Å². The molecule has 0 aliphatic carbocycles. The summed E-state index contributed by atoms with van der Waals surface area (Å²) in [7, 11) is 0. The Balaban J connectivity index is 2.42. The smallest absolute Gasteiger partial charge is 0.191 e. The maximum atomic E-state index is 12.8. The molecule has 0 amide bonds. The molecule has 0 radical (unpaired) electrons. The van der Waals surface area contributed by atoms with Crippen LogP contribution in [0, 0.1) is 5.82 Å². The number of phenolic OH excluding ortho intramolecular Hbond substituents is 1. The van der Waals surface area contributed by atoms with Crippen molar-refractivity contribution in [3.8, 4) is 5.75 Å². The Kier molecular flexibility index (Phi) is 5.28. The van der Waals surface area contributed by atoms with E-state index in [0.717, 1.165) is 11.8 Å². The second-order valence-corrected chi connectivity index (χ2v) is 4.27. The van der Waals surface area contributed by atoms with Crippen LogP contribution in [0.4, 0.5) is 4.39 Å². The van der Waals surface area contributed by atoms with Gasteiger partial charge in [0, 0.05) is 6.42 Å². The molecule has 0 aliphatic heterocycles. The van der Waals surface area contributed by atoms with Crippen LogP contribution in [0.15, 0.2) is 18.2 Å². The highest BCUT2D eigenvalue weighted by Gasteiger charge is 2.05. The van der Waals surface area contributed by atoms with Crippen LogP contribution in [0.25, 0.3) is 0 Å². The van der Waals surface area contributed by atoms with Gasteiger partial charge in [0.1, 0.15) is 11.6 Å². The molecule has 1 aromatic rings. The molecule has 1 aromatic carbocycles. The van der Waals surface area contributed by atoms with Crippen molar-refractivity contribution in [1.82, 2.24) is 0 Å². The summed E-state index contributed by atoms with van der Waals surface area (Å²) in [6, 6.07) is 3.75. The first-order chi connectivity index (χ1) is 7.63. The summed E-state index contributed by atoms with van der Waals surface area (Å²) in [6.07, 6.45) is 1.28. The lowest BCUT2D eigenvalue weighted by Crippen LogP contribution is -1.95. The van der Waals surface area contributed by atoms with Gasteiger partial charge in [-0.3, -0.25) is 4.79 Å². The standard InChI is InChI=1S/C11H13FO3S/c12-9-4-5-10(14)8(6-9)2-1-3-11(15)16-7-13/h4-6,13-14H,1-3,7H2. The Morgan fingerprint density at radius 2 is 2.19 bits per heavy atom. The number of carbonyl (C=O) groups is 1. The molecule has 3 nitrogen and oxygen atoms in total. The fourth-order valence-corrected chi connectivity index (χ4v) is 1.75. The Bertz CT molecular complexity index is 368. The summed E-state index contributed by atoms with van der Waals surface area (Å²) in [5.74, 6) is -0.572. The molecule has 0 fully saturated rings. The Morgan fingerprint density at radius 1 is 1.44 bits per heavy atom. The van der Waals surface area contributed by atoms with E-state index in [2.05, 4.69) is 0 Å². The molecule has 1 rings (SSSR count). The predicted molar refractivity (Wildman–Crippen MR) is 60.7 cm³/mol. The minimum atomic E-state index is -0.399. The van der Waals surface area contributed by atoms with Crippen LogP contribution < -0.4 is 0 Å². The molecule has 0 aliphatic rings. The average molecular weight is 244 g/mol. The van der Waals surface area contributed by atoms with Gasteiger partial charge < -0.3 is 10.2 Å². The first-order valence-corrected chi connectivity index (χ1v) is 5.86. The van der Waals surface area contributed by atoms with E-state index in [4.69, 9.17) is 5.11 Å². The van der Waals surface area contributed by atoms with Crippen molar-refractivity contribution < 1.29 is 19.4 Å². The van der Waals surface area contributed by atoms with Gasteiger partial charge in [0.25, 0.3) is 0 Å². The highest BCUT2D eigenvalue weighted by molar-refractivity contribution is 8.13. The highest BCUT2D eigenvalue weighted by Crippen LogP contribution is 2.20. The van der Waals surface area contributed by atoms with Crippen molar-refractivity contribution in [1.29, 1.82) is 0 Å². The number of benzene rings is 1. The van der Waals surface area contributed by atoms with Crippen LogP contribution in [0.3, 0.4) is 0 Å². The number of halogens is 1. The lowest BCUT2D eigenvalue weighted by molar-refractivity contribution is -0.111. The van der Waals surface area contributed by atoms with E-state index in [0.29, 0.717) is 24.8 Å². The van der Waals surface area contributed by atoms with Gasteiger partial charge in [-0.2, -0.15) is 0 Å². The summed E-state index contributed by atoms with van der Waals surface area (Å²) in [6.45, 7) is 0. The molecule has 16 heavy (non-hydrogen) atoms. The number of rotatable bonds is 5. The van der Waals surface area contributed by atoms with Crippen molar-refractivity contribution in [2.45, 2.75) is 19.3 Å². The first kappa shape index (κ1) is 13.0. The molecule has 0 aromatic heterocycles. The van der Waals surface area contributed by atoms with Gasteiger partial charge in [0.2, 0.25) is 0 Å². The molecule has 2 N–H and O–H groups in total. The second-order valence-electron chi connectivity index (χ2n) is 3.27. The topological polar surface area (TPSA) is 57.5 Å². The number of hydrogen-bond donors (Lipinski definition) is 2. The van der Waals surface area contributed by atoms with Crippen LogP contribution in [0.1, 0.15) is 18.4 Å². The fourth-order valence-electron chi connectivity index (χ4n) is 1.32. The number of aliphatic hydroxyl groups excluding tert-OH is 1. The Hall–Kier alpha value is -1.07. The summed E-state index contributed by atoms with van der Waals surface area (Å²) in [5, 5.41) is 17.8. The average Bonchev–Trinajstić information content (AvgIpc) is 2.23. The van der Waals surface area contributed by atoms with E-state index < -0.39 is 5.82 Å². The van der Waals surface area contributed by atoms with Crippen molar-refractivity contribution in [2.75, 3.05) is 5.94 Å². The van der Waals surface area contributed by atoms with E-state index >= 15 is 0 Å². The number of aromatic hydroxyl groups is 1. The zero-order valence-corrected chi connectivity index (χ0v) is 9.47. The van der Waals surface area contributed by atoms with Gasteiger partial charge in [-0.15, -0.1) is 0 Å². The van der Waals surface area contributed by atoms with Crippen molar-refractivity contribution >= 4 is 16.9 Å². The van der Waals surface area contributed by atoms with Crippen LogP contribution in [0.2, 0.25) is 0 Å². The number of aliphatic hydroxyl groups is 1. The van der Waals surface area contributed by atoms with E-state index in [9.17, 15) is 14.3 Å². The van der Waals surface area contributed by atoms with Crippen molar-refractivity contribution in [3.05, 3.63) is 29.6 Å². The predicted octanol–water partition coefficient (Wildman–Crippen LogP) is 2.06. The number of thioether (sulfide) groups is 1. The molecule has 0 spiro atoms. The van der Waals surface area contributed by atoms with Gasteiger partial charge >= 0.3 is 0 Å². The maximum Gasteiger partial charge on any atom is 0.191 e. The monoisotopic (exact) mass is 244 g/mol. The third kappa shape index (κ3) is 4.20. The van der Waals surface area contributed by atoms with Crippen molar-refractivity contribution in [2.24, 2.45) is 0 Å². The summed E-state index contributed by atoms with van der Waals surface area (Å²) in [4.78, 5) is 11.1. The number of hydrogen-bond acceptors (Lipinski definition) is 4. The Morgan fingerprint density at radius 3 is 2.88 bits per heavy atom. The SMILES string of the molecule is O=C(CCCc1cc(F)ccc1O)SCO. The van der Waals surface area contributed by atoms with E-state index in [1.807, 2.05) is 0 Å². The molecule has 0 heterocycles. The van der Waals surface area contributed by atoms with E-state index in [-0.39, 0.29) is 16.8 Å². The van der Waals surface area contributed by atoms with Gasteiger partial charge in [0.05, 0.1) is 5.94 Å². The summed E-state index contributed by atoms with van der Waals surface area (Å²) >= 11 is 0.854. The molecular weight excluding hydrogens is 231 g/mol. The largest absolute Gasteiger partial charge is 0.508 e. The van der Waals surface area contributed by atoms with Gasteiger partial charge in [-0.05, 0) is 36.6 Å². The molecule has 0 saturated heterocycles. The molecule has 88 valence electrons. The first-order valence-electron chi connectivity index (χ1n) is 4.87.